The highest BCUT2D eigenvalue weighted by Gasteiger charge is 2.25. The molecule has 1 N–H and O–H groups in total. The van der Waals surface area contributed by atoms with Gasteiger partial charge in [0.25, 0.3) is 0 Å². The van der Waals surface area contributed by atoms with Crippen LogP contribution in [0.15, 0.2) is 15.4 Å². The summed E-state index contributed by atoms with van der Waals surface area (Å²) in [6.07, 6.45) is 3.31. The van der Waals surface area contributed by atoms with Crippen molar-refractivity contribution in [3.8, 4) is 11.5 Å². The van der Waals surface area contributed by atoms with Crippen LogP contribution < -0.4 is 0 Å². The highest BCUT2D eigenvalue weighted by atomic mass is 32.1. The van der Waals surface area contributed by atoms with Gasteiger partial charge in [0.2, 0.25) is 11.7 Å². The van der Waals surface area contributed by atoms with Crippen molar-refractivity contribution in [3.05, 3.63) is 16.8 Å². The van der Waals surface area contributed by atoms with Crippen LogP contribution in [-0.4, -0.2) is 26.3 Å². The zero-order valence-electron chi connectivity index (χ0n) is 9.24. The van der Waals surface area contributed by atoms with E-state index in [2.05, 4.69) is 15.1 Å². The van der Waals surface area contributed by atoms with Crippen molar-refractivity contribution < 1.29 is 9.63 Å². The van der Waals surface area contributed by atoms with Gasteiger partial charge in [0.1, 0.15) is 5.69 Å². The molecule has 0 amide bonds. The van der Waals surface area contributed by atoms with Gasteiger partial charge in [-0.2, -0.15) is 4.98 Å². The molecule has 0 spiro atoms. The number of aromatic nitrogens is 3. The first-order chi connectivity index (χ1) is 8.33. The van der Waals surface area contributed by atoms with Crippen LogP contribution in [0.4, 0.5) is 0 Å². The summed E-state index contributed by atoms with van der Waals surface area (Å²) in [6, 6.07) is 0. The molecule has 17 heavy (non-hydrogen) atoms. The van der Waals surface area contributed by atoms with E-state index in [9.17, 15) is 5.11 Å². The van der Waals surface area contributed by atoms with Gasteiger partial charge in [-0.3, -0.25) is 0 Å². The van der Waals surface area contributed by atoms with Crippen LogP contribution in [0.2, 0.25) is 0 Å². The first-order valence-electron chi connectivity index (χ1n) is 5.73. The lowest BCUT2D eigenvalue weighted by Crippen LogP contribution is -2.17. The predicted octanol–water partition coefficient (Wildman–Crippen LogP) is 2.21. The maximum atomic E-state index is 9.45. The van der Waals surface area contributed by atoms with Gasteiger partial charge in [-0.1, -0.05) is 5.16 Å². The number of thiazole rings is 1. The van der Waals surface area contributed by atoms with E-state index in [1.807, 2.05) is 5.38 Å². The molecule has 0 radical (unpaired) electrons. The Morgan fingerprint density at radius 2 is 2.12 bits per heavy atom. The minimum Gasteiger partial charge on any atom is -0.393 e. The molecule has 0 bridgehead atoms. The lowest BCUT2D eigenvalue weighted by Gasteiger charge is -2.22. The first-order valence-corrected chi connectivity index (χ1v) is 6.67. The standard InChI is InChI=1S/C11H13N3O2S/c15-8-3-1-7(2-4-8)11-13-10(14-16-11)9-5-17-6-12-9/h5-8,15H,1-4H2. The molecule has 1 aliphatic carbocycles. The van der Waals surface area contributed by atoms with E-state index >= 15 is 0 Å². The molecule has 0 saturated heterocycles. The van der Waals surface area contributed by atoms with Crippen molar-refractivity contribution in [2.75, 3.05) is 0 Å². The Labute approximate surface area is 103 Å². The summed E-state index contributed by atoms with van der Waals surface area (Å²) in [5.74, 6) is 1.53. The molecule has 0 unspecified atom stereocenters. The molecule has 5 nitrogen and oxygen atoms in total. The molecule has 90 valence electrons. The van der Waals surface area contributed by atoms with Gasteiger partial charge in [0, 0.05) is 11.3 Å². The molecule has 0 aliphatic heterocycles. The third kappa shape index (κ3) is 2.23. The molecular formula is C11H13N3O2S. The number of rotatable bonds is 2. The zero-order chi connectivity index (χ0) is 11.7. The molecule has 0 aromatic carbocycles. The van der Waals surface area contributed by atoms with E-state index < -0.39 is 0 Å². The fourth-order valence-electron chi connectivity index (χ4n) is 2.15. The molecular weight excluding hydrogens is 238 g/mol. The Balaban J connectivity index is 1.76. The van der Waals surface area contributed by atoms with Gasteiger partial charge >= 0.3 is 0 Å². The van der Waals surface area contributed by atoms with Gasteiger partial charge < -0.3 is 9.63 Å². The number of hydrogen-bond acceptors (Lipinski definition) is 6. The highest BCUT2D eigenvalue weighted by molar-refractivity contribution is 7.07. The van der Waals surface area contributed by atoms with Gasteiger partial charge in [0.15, 0.2) is 0 Å². The number of hydrogen-bond donors (Lipinski definition) is 1. The maximum absolute atomic E-state index is 9.45. The van der Waals surface area contributed by atoms with E-state index in [1.54, 1.807) is 5.51 Å². The van der Waals surface area contributed by atoms with Crippen LogP contribution in [-0.2, 0) is 0 Å². The van der Waals surface area contributed by atoms with Crippen molar-refractivity contribution in [1.82, 2.24) is 15.1 Å². The second-order valence-electron chi connectivity index (χ2n) is 4.34. The van der Waals surface area contributed by atoms with Crippen LogP contribution in [0.25, 0.3) is 11.5 Å². The molecule has 3 rings (SSSR count). The molecule has 2 aromatic rings. The monoisotopic (exact) mass is 251 g/mol. The van der Waals surface area contributed by atoms with Crippen LogP contribution in [0.1, 0.15) is 37.5 Å². The summed E-state index contributed by atoms with van der Waals surface area (Å²) in [5.41, 5.74) is 2.52. The van der Waals surface area contributed by atoms with E-state index in [-0.39, 0.29) is 6.10 Å². The predicted molar refractivity (Wildman–Crippen MR) is 62.6 cm³/mol. The minimum absolute atomic E-state index is 0.160. The topological polar surface area (TPSA) is 72.0 Å². The SMILES string of the molecule is OC1CCC(c2nc(-c3cscn3)no2)CC1. The van der Waals surface area contributed by atoms with Crippen molar-refractivity contribution in [3.63, 3.8) is 0 Å². The lowest BCUT2D eigenvalue weighted by molar-refractivity contribution is 0.116. The Bertz CT molecular complexity index is 475. The smallest absolute Gasteiger partial charge is 0.230 e. The van der Waals surface area contributed by atoms with Crippen LogP contribution >= 0.6 is 11.3 Å². The second-order valence-corrected chi connectivity index (χ2v) is 5.05. The Morgan fingerprint density at radius 3 is 2.82 bits per heavy atom. The molecule has 1 saturated carbocycles. The summed E-state index contributed by atoms with van der Waals surface area (Å²) >= 11 is 1.51. The molecule has 6 heteroatoms. The van der Waals surface area contributed by atoms with Gasteiger partial charge in [-0.25, -0.2) is 4.98 Å². The van der Waals surface area contributed by atoms with Crippen LogP contribution in [0.3, 0.4) is 0 Å². The summed E-state index contributed by atoms with van der Waals surface area (Å²) in [7, 11) is 0. The van der Waals surface area contributed by atoms with Crippen molar-refractivity contribution in [2.24, 2.45) is 0 Å². The zero-order valence-corrected chi connectivity index (χ0v) is 10.1. The summed E-state index contributed by atoms with van der Waals surface area (Å²) < 4.78 is 5.29. The molecule has 2 heterocycles. The summed E-state index contributed by atoms with van der Waals surface area (Å²) in [5, 5.41) is 15.3. The van der Waals surface area contributed by atoms with E-state index in [1.165, 1.54) is 11.3 Å². The summed E-state index contributed by atoms with van der Waals surface area (Å²) in [4.78, 5) is 8.54. The number of aliphatic hydroxyl groups is 1. The van der Waals surface area contributed by atoms with Gasteiger partial charge in [-0.05, 0) is 25.7 Å². The average Bonchev–Trinajstić information content (AvgIpc) is 3.00. The maximum Gasteiger partial charge on any atom is 0.230 e. The molecule has 0 atom stereocenters. The van der Waals surface area contributed by atoms with Crippen molar-refractivity contribution in [1.29, 1.82) is 0 Å². The third-order valence-corrected chi connectivity index (χ3v) is 3.74. The number of aliphatic hydroxyl groups excluding tert-OH is 1. The Hall–Kier alpha value is -1.27. The largest absolute Gasteiger partial charge is 0.393 e. The molecule has 2 aromatic heterocycles. The van der Waals surface area contributed by atoms with Crippen LogP contribution in [0, 0.1) is 0 Å². The Morgan fingerprint density at radius 1 is 1.29 bits per heavy atom. The average molecular weight is 251 g/mol. The molecule has 1 aliphatic rings. The van der Waals surface area contributed by atoms with E-state index in [4.69, 9.17) is 4.52 Å². The Kier molecular flexibility index (Phi) is 2.90. The highest BCUT2D eigenvalue weighted by Crippen LogP contribution is 2.32. The lowest BCUT2D eigenvalue weighted by atomic mass is 9.87. The fourth-order valence-corrected chi connectivity index (χ4v) is 2.68. The second kappa shape index (κ2) is 4.54. The van der Waals surface area contributed by atoms with Gasteiger partial charge in [-0.15, -0.1) is 11.3 Å². The van der Waals surface area contributed by atoms with Crippen molar-refractivity contribution >= 4 is 11.3 Å². The minimum atomic E-state index is -0.160. The first kappa shape index (κ1) is 10.9. The van der Waals surface area contributed by atoms with E-state index in [0.717, 1.165) is 31.4 Å². The van der Waals surface area contributed by atoms with E-state index in [0.29, 0.717) is 17.6 Å². The van der Waals surface area contributed by atoms with Crippen LogP contribution in [0.5, 0.6) is 0 Å². The van der Waals surface area contributed by atoms with Crippen molar-refractivity contribution in [2.45, 2.75) is 37.7 Å². The normalized spacial score (nSPS) is 25.0. The fraction of sp³-hybridized carbons (Fsp3) is 0.545. The number of nitrogens with zero attached hydrogens (tertiary/aromatic N) is 3. The quantitative estimate of drug-likeness (QED) is 0.886. The van der Waals surface area contributed by atoms with Gasteiger partial charge in [0.05, 0.1) is 11.6 Å². The molecule has 1 fully saturated rings. The third-order valence-electron chi connectivity index (χ3n) is 3.15. The summed E-state index contributed by atoms with van der Waals surface area (Å²) in [6.45, 7) is 0.